The van der Waals surface area contributed by atoms with E-state index in [0.717, 1.165) is 61.0 Å². The number of urea groups is 2. The second-order valence-electron chi connectivity index (χ2n) is 14.8. The van der Waals surface area contributed by atoms with Gasteiger partial charge in [0.05, 0.1) is 14.2 Å². The highest BCUT2D eigenvalue weighted by atomic mass is 16.5. The van der Waals surface area contributed by atoms with Crippen LogP contribution < -0.4 is 29.9 Å². The molecule has 4 atom stereocenters. The molecule has 0 aromatic heterocycles. The van der Waals surface area contributed by atoms with Crippen molar-refractivity contribution in [3.8, 4) is 11.5 Å². The van der Waals surface area contributed by atoms with Crippen LogP contribution in [0.2, 0.25) is 0 Å². The van der Waals surface area contributed by atoms with Gasteiger partial charge < -0.3 is 48.7 Å². The van der Waals surface area contributed by atoms with E-state index in [1.807, 2.05) is 34.1 Å². The minimum absolute atomic E-state index is 0.356. The summed E-state index contributed by atoms with van der Waals surface area (Å²) in [6.07, 6.45) is 0.114. The van der Waals surface area contributed by atoms with Gasteiger partial charge in [0, 0.05) is 90.9 Å². The molecule has 2 N–H and O–H groups in total. The van der Waals surface area contributed by atoms with Gasteiger partial charge in [0.15, 0.2) is 36.3 Å². The second-order valence-corrected chi connectivity index (χ2v) is 14.8. The van der Waals surface area contributed by atoms with Gasteiger partial charge in [0.2, 0.25) is 0 Å². The molecule has 6 aliphatic rings. The first kappa shape index (κ1) is 37.0. The van der Waals surface area contributed by atoms with Gasteiger partial charge in [0.25, 0.3) is 11.8 Å². The van der Waals surface area contributed by atoms with E-state index in [4.69, 9.17) is 19.5 Å². The molecule has 56 heavy (non-hydrogen) atoms. The van der Waals surface area contributed by atoms with Gasteiger partial charge in [0.1, 0.15) is 11.5 Å². The van der Waals surface area contributed by atoms with E-state index in [9.17, 15) is 19.2 Å². The first-order chi connectivity index (χ1) is 27.1. The summed E-state index contributed by atoms with van der Waals surface area (Å²) in [6.45, 7) is 6.90. The summed E-state index contributed by atoms with van der Waals surface area (Å²) in [5, 5.41) is 5.02. The Kier molecular flexibility index (Phi) is 10.1. The number of nitrogens with zero attached hydrogens (tertiary/aromatic N) is 10. The van der Waals surface area contributed by atoms with E-state index in [2.05, 4.69) is 54.5 Å². The summed E-state index contributed by atoms with van der Waals surface area (Å²) in [7, 11) is 6.65. The van der Waals surface area contributed by atoms with Crippen molar-refractivity contribution in [1.82, 2.24) is 40.0 Å². The Labute approximate surface area is 326 Å². The SMILES string of the molecule is COc1ccc(N2CCN(C3=NC4C(C(=O)NC(=O)N4C)N3CCCCN3C(N4CCN(c5ccc(OC)cc5)CC4)=NC4C3C(=O)NC(=O)N4C)CC2)cc1. The Morgan fingerprint density at radius 2 is 0.893 bits per heavy atom. The fraction of sp³-hybridized carbons (Fsp3) is 0.526. The van der Waals surface area contributed by atoms with Crippen LogP contribution in [0, 0.1) is 0 Å². The molecule has 0 radical (unpaired) electrons. The van der Waals surface area contributed by atoms with Gasteiger partial charge in [-0.25, -0.2) is 19.6 Å². The standard InChI is InChI=1S/C38H50N12O6/c1-43-31-29(33(51)41-37(43)53)49(35(39-31)47-21-17-45(18-22-47)25-7-11-27(55-3)12-8-25)15-5-6-16-50-30-32(44(2)38(54)42-34(30)52)40-36(50)48-23-19-46(20-24-48)26-9-13-28(56-4)14-10-26/h7-14,29-32H,5-6,15-24H2,1-4H3,(H,41,51,53)(H,42,52,54). The normalized spacial score (nSPS) is 25.2. The van der Waals surface area contributed by atoms with Crippen LogP contribution in [0.5, 0.6) is 11.5 Å². The van der Waals surface area contributed by atoms with Crippen molar-refractivity contribution in [2.45, 2.75) is 37.3 Å². The molecule has 0 saturated carbocycles. The first-order valence-electron chi connectivity index (χ1n) is 19.3. The minimum atomic E-state index is -0.647. The predicted molar refractivity (Wildman–Crippen MR) is 209 cm³/mol. The van der Waals surface area contributed by atoms with Crippen molar-refractivity contribution >= 4 is 47.2 Å². The molecule has 4 unspecified atom stereocenters. The maximum atomic E-state index is 13.4. The zero-order valence-electron chi connectivity index (χ0n) is 32.3. The second kappa shape index (κ2) is 15.3. The Hall–Kier alpha value is -5.94. The van der Waals surface area contributed by atoms with Gasteiger partial charge in [-0.15, -0.1) is 0 Å². The topological polar surface area (TPSA) is 161 Å². The largest absolute Gasteiger partial charge is 0.497 e. The monoisotopic (exact) mass is 770 g/mol. The third kappa shape index (κ3) is 6.81. The van der Waals surface area contributed by atoms with Crippen LogP contribution in [0.4, 0.5) is 21.0 Å². The number of imide groups is 2. The molecule has 2 aromatic carbocycles. The number of likely N-dealkylation sites (N-methyl/N-ethyl adjacent to an activating group) is 2. The van der Waals surface area contributed by atoms with Crippen molar-refractivity contribution in [2.75, 3.05) is 104 Å². The number of amides is 6. The zero-order valence-corrected chi connectivity index (χ0v) is 32.3. The molecule has 6 heterocycles. The Balaban J connectivity index is 0.944. The van der Waals surface area contributed by atoms with Crippen LogP contribution in [-0.4, -0.2) is 183 Å². The molecule has 18 nitrogen and oxygen atoms in total. The molecule has 18 heteroatoms. The lowest BCUT2D eigenvalue weighted by Gasteiger charge is -2.41. The summed E-state index contributed by atoms with van der Waals surface area (Å²) in [4.78, 5) is 78.2. The highest BCUT2D eigenvalue weighted by Gasteiger charge is 2.51. The van der Waals surface area contributed by atoms with Crippen LogP contribution in [0.15, 0.2) is 58.5 Å². The van der Waals surface area contributed by atoms with E-state index >= 15 is 0 Å². The van der Waals surface area contributed by atoms with Crippen LogP contribution in [0.1, 0.15) is 12.8 Å². The number of methoxy groups -OCH3 is 2. The highest BCUT2D eigenvalue weighted by Crippen LogP contribution is 2.30. The Bertz CT molecular complexity index is 1740. The maximum absolute atomic E-state index is 13.4. The lowest BCUT2D eigenvalue weighted by Crippen LogP contribution is -2.65. The molecule has 0 aliphatic carbocycles. The summed E-state index contributed by atoms with van der Waals surface area (Å²) in [6, 6.07) is 13.9. The third-order valence-electron chi connectivity index (χ3n) is 11.7. The predicted octanol–water partition coefficient (Wildman–Crippen LogP) is 0.524. The molecular weight excluding hydrogens is 720 g/mol. The summed E-state index contributed by atoms with van der Waals surface area (Å²) in [5.41, 5.74) is 2.23. The van der Waals surface area contributed by atoms with Crippen LogP contribution >= 0.6 is 0 Å². The number of hydrogen-bond donors (Lipinski definition) is 2. The number of fused-ring (bicyclic) bond motifs is 2. The smallest absolute Gasteiger partial charge is 0.325 e. The van der Waals surface area contributed by atoms with Crippen molar-refractivity contribution in [1.29, 1.82) is 0 Å². The fourth-order valence-electron chi connectivity index (χ4n) is 8.51. The van der Waals surface area contributed by atoms with Crippen LogP contribution in [0.25, 0.3) is 0 Å². The number of guanidine groups is 2. The molecule has 8 rings (SSSR count). The number of carbonyl (C=O) groups is 4. The van der Waals surface area contributed by atoms with Crippen molar-refractivity contribution in [2.24, 2.45) is 9.98 Å². The number of anilines is 2. The minimum Gasteiger partial charge on any atom is -0.497 e. The zero-order chi connectivity index (χ0) is 39.1. The Morgan fingerprint density at radius 1 is 0.554 bits per heavy atom. The number of benzene rings is 2. The van der Waals surface area contributed by atoms with Crippen LogP contribution in [0.3, 0.4) is 0 Å². The molecule has 2 aromatic rings. The molecule has 4 saturated heterocycles. The number of rotatable bonds is 9. The highest BCUT2D eigenvalue weighted by molar-refractivity contribution is 6.04. The van der Waals surface area contributed by atoms with E-state index in [1.165, 1.54) is 9.80 Å². The molecule has 6 aliphatic heterocycles. The van der Waals surface area contributed by atoms with E-state index < -0.39 is 36.5 Å². The number of piperazine rings is 2. The molecule has 4 fully saturated rings. The fourth-order valence-corrected chi connectivity index (χ4v) is 8.51. The van der Waals surface area contributed by atoms with Crippen molar-refractivity contribution in [3.05, 3.63) is 48.5 Å². The van der Waals surface area contributed by atoms with Gasteiger partial charge in [-0.3, -0.25) is 20.2 Å². The lowest BCUT2D eigenvalue weighted by atomic mass is 10.1. The van der Waals surface area contributed by atoms with Gasteiger partial charge in [-0.1, -0.05) is 0 Å². The van der Waals surface area contributed by atoms with Crippen LogP contribution in [-0.2, 0) is 9.59 Å². The summed E-state index contributed by atoms with van der Waals surface area (Å²) >= 11 is 0. The number of hydrogen-bond acceptors (Lipinski definition) is 14. The van der Waals surface area contributed by atoms with E-state index in [0.29, 0.717) is 52.1 Å². The molecule has 6 amide bonds. The third-order valence-corrected chi connectivity index (χ3v) is 11.7. The van der Waals surface area contributed by atoms with Crippen molar-refractivity contribution < 1.29 is 28.7 Å². The maximum Gasteiger partial charge on any atom is 0.325 e. The van der Waals surface area contributed by atoms with E-state index in [-0.39, 0.29) is 11.8 Å². The Morgan fingerprint density at radius 3 is 1.23 bits per heavy atom. The van der Waals surface area contributed by atoms with Crippen molar-refractivity contribution in [3.63, 3.8) is 0 Å². The number of ether oxygens (including phenoxy) is 2. The molecule has 0 bridgehead atoms. The number of carbonyl (C=O) groups excluding carboxylic acids is 4. The average Bonchev–Trinajstić information content (AvgIpc) is 3.81. The molecule has 298 valence electrons. The summed E-state index contributed by atoms with van der Waals surface area (Å²) in [5.74, 6) is 2.34. The lowest BCUT2D eigenvalue weighted by molar-refractivity contribution is -0.128. The quantitative estimate of drug-likeness (QED) is 0.341. The number of aliphatic imine (C=N–C) groups is 2. The average molecular weight is 771 g/mol. The molecule has 0 spiro atoms. The first-order valence-corrected chi connectivity index (χ1v) is 19.3. The van der Waals surface area contributed by atoms with Gasteiger partial charge >= 0.3 is 12.1 Å². The van der Waals surface area contributed by atoms with Gasteiger partial charge in [-0.2, -0.15) is 0 Å². The van der Waals surface area contributed by atoms with Gasteiger partial charge in [-0.05, 0) is 61.4 Å². The van der Waals surface area contributed by atoms with E-state index in [1.54, 1.807) is 28.3 Å². The number of unbranched alkanes of at least 4 members (excludes halogenated alkanes) is 1. The summed E-state index contributed by atoms with van der Waals surface area (Å²) < 4.78 is 10.7. The number of nitrogens with one attached hydrogen (secondary N) is 2. The molecular formula is C38H50N12O6.